The second-order valence-corrected chi connectivity index (χ2v) is 7.23. The van der Waals surface area contributed by atoms with Gasteiger partial charge in [-0.2, -0.15) is 9.42 Å². The van der Waals surface area contributed by atoms with Crippen LogP contribution in [0.15, 0.2) is 44.2 Å². The summed E-state index contributed by atoms with van der Waals surface area (Å²) in [5.74, 6) is -0.502. The number of aromatic amines is 2. The van der Waals surface area contributed by atoms with Gasteiger partial charge >= 0.3 is 0 Å². The first-order valence-electron chi connectivity index (χ1n) is 7.37. The Hall–Kier alpha value is -2.37. The van der Waals surface area contributed by atoms with E-state index < -0.39 is 21.5 Å². The van der Waals surface area contributed by atoms with E-state index in [-0.39, 0.29) is 15.4 Å². The summed E-state index contributed by atoms with van der Waals surface area (Å²) in [6.07, 6.45) is 0. The van der Waals surface area contributed by atoms with Crippen LogP contribution in [-0.2, 0) is 10.0 Å². The SMILES string of the molecule is CCN(CC)S(=O)(=O)c1ccc(N=Nc2c(O)[nH]c(=S)[nH]c2=O)cc1. The summed E-state index contributed by atoms with van der Waals surface area (Å²) in [5.41, 5.74) is -0.695. The van der Waals surface area contributed by atoms with E-state index in [2.05, 4.69) is 20.2 Å². The number of azo groups is 1. The number of rotatable bonds is 6. The molecule has 0 radical (unpaired) electrons. The highest BCUT2D eigenvalue weighted by Gasteiger charge is 2.21. The lowest BCUT2D eigenvalue weighted by Crippen LogP contribution is -2.30. The van der Waals surface area contributed by atoms with E-state index in [9.17, 15) is 18.3 Å². The topological polar surface area (TPSA) is 131 Å². The molecule has 134 valence electrons. The highest BCUT2D eigenvalue weighted by Crippen LogP contribution is 2.23. The summed E-state index contributed by atoms with van der Waals surface area (Å²) in [5, 5.41) is 17.1. The van der Waals surface area contributed by atoms with Gasteiger partial charge in [0.15, 0.2) is 4.77 Å². The van der Waals surface area contributed by atoms with Crippen LogP contribution < -0.4 is 5.56 Å². The van der Waals surface area contributed by atoms with Crippen LogP contribution in [0.1, 0.15) is 13.8 Å². The second kappa shape index (κ2) is 7.68. The molecule has 0 saturated heterocycles. The summed E-state index contributed by atoms with van der Waals surface area (Å²) >= 11 is 4.71. The van der Waals surface area contributed by atoms with Crippen molar-refractivity contribution in [3.05, 3.63) is 39.4 Å². The van der Waals surface area contributed by atoms with Crippen molar-refractivity contribution in [3.63, 3.8) is 0 Å². The molecule has 11 heteroatoms. The van der Waals surface area contributed by atoms with Crippen LogP contribution >= 0.6 is 12.2 Å². The van der Waals surface area contributed by atoms with Gasteiger partial charge in [0.2, 0.25) is 21.6 Å². The fourth-order valence-corrected chi connectivity index (χ4v) is 3.71. The van der Waals surface area contributed by atoms with E-state index in [1.165, 1.54) is 28.6 Å². The monoisotopic (exact) mass is 383 g/mol. The molecule has 2 rings (SSSR count). The number of aromatic nitrogens is 2. The van der Waals surface area contributed by atoms with Crippen molar-refractivity contribution < 1.29 is 13.5 Å². The molecule has 1 aromatic carbocycles. The standard InChI is InChI=1S/C14H17N5O4S2/c1-3-19(4-2)25(22,23)10-7-5-9(6-8-10)17-18-11-12(20)15-14(24)16-13(11)21/h5-8H,3-4H2,1-2H3,(H3,15,16,20,21,24). The molecule has 0 aliphatic carbocycles. The number of nitrogens with one attached hydrogen (secondary N) is 2. The minimum Gasteiger partial charge on any atom is -0.493 e. The predicted octanol–water partition coefficient (Wildman–Crippen LogP) is 2.58. The second-order valence-electron chi connectivity index (χ2n) is 4.89. The van der Waals surface area contributed by atoms with Gasteiger partial charge in [-0.1, -0.05) is 13.8 Å². The van der Waals surface area contributed by atoms with Crippen molar-refractivity contribution in [1.29, 1.82) is 0 Å². The van der Waals surface area contributed by atoms with Gasteiger partial charge < -0.3 is 10.1 Å². The number of sulfonamides is 1. The summed E-state index contributed by atoms with van der Waals surface area (Å²) in [4.78, 5) is 16.4. The molecule has 1 heterocycles. The first-order valence-corrected chi connectivity index (χ1v) is 9.22. The summed E-state index contributed by atoms with van der Waals surface area (Å²) in [6.45, 7) is 4.27. The first-order chi connectivity index (χ1) is 11.8. The van der Waals surface area contributed by atoms with Gasteiger partial charge in [-0.15, -0.1) is 5.11 Å². The average Bonchev–Trinajstić information content (AvgIpc) is 2.55. The highest BCUT2D eigenvalue weighted by atomic mass is 32.2. The van der Waals surface area contributed by atoms with Crippen LogP contribution in [0.5, 0.6) is 5.88 Å². The Morgan fingerprint density at radius 1 is 1.12 bits per heavy atom. The van der Waals surface area contributed by atoms with E-state index in [0.717, 1.165) is 0 Å². The maximum atomic E-state index is 12.4. The van der Waals surface area contributed by atoms with E-state index >= 15 is 0 Å². The fraction of sp³-hybridized carbons (Fsp3) is 0.286. The van der Waals surface area contributed by atoms with Gasteiger partial charge in [0, 0.05) is 13.1 Å². The molecule has 3 N–H and O–H groups in total. The zero-order valence-electron chi connectivity index (χ0n) is 13.6. The van der Waals surface area contributed by atoms with Gasteiger partial charge in [0.05, 0.1) is 10.6 Å². The predicted molar refractivity (Wildman–Crippen MR) is 94.6 cm³/mol. The number of aromatic hydroxyl groups is 1. The zero-order chi connectivity index (χ0) is 18.6. The minimum absolute atomic E-state index is 0.0348. The van der Waals surface area contributed by atoms with Crippen molar-refractivity contribution in [2.24, 2.45) is 10.2 Å². The lowest BCUT2D eigenvalue weighted by atomic mass is 10.3. The Balaban J connectivity index is 2.30. The summed E-state index contributed by atoms with van der Waals surface area (Å²) in [7, 11) is -3.55. The van der Waals surface area contributed by atoms with Crippen molar-refractivity contribution in [2.45, 2.75) is 18.7 Å². The number of H-pyrrole nitrogens is 2. The molecular weight excluding hydrogens is 366 g/mol. The van der Waals surface area contributed by atoms with Gasteiger partial charge in [-0.3, -0.25) is 9.78 Å². The molecule has 0 amide bonds. The number of nitrogens with zero attached hydrogens (tertiary/aromatic N) is 3. The molecule has 0 aliphatic heterocycles. The molecule has 0 spiro atoms. The number of benzene rings is 1. The van der Waals surface area contributed by atoms with Crippen LogP contribution in [-0.4, -0.2) is 40.9 Å². The van der Waals surface area contributed by atoms with Crippen LogP contribution in [0, 0.1) is 4.77 Å². The van der Waals surface area contributed by atoms with Crippen LogP contribution in [0.25, 0.3) is 0 Å². The molecular formula is C14H17N5O4S2. The smallest absolute Gasteiger partial charge is 0.283 e. The molecule has 0 fully saturated rings. The van der Waals surface area contributed by atoms with Crippen LogP contribution in [0.3, 0.4) is 0 Å². The third-order valence-electron chi connectivity index (χ3n) is 3.34. The minimum atomic E-state index is -3.55. The van der Waals surface area contributed by atoms with Crippen molar-refractivity contribution in [2.75, 3.05) is 13.1 Å². The molecule has 0 unspecified atom stereocenters. The summed E-state index contributed by atoms with van der Waals surface area (Å²) in [6, 6.07) is 5.72. The Kier molecular flexibility index (Phi) is 5.82. The molecule has 0 bridgehead atoms. The van der Waals surface area contributed by atoms with Gasteiger partial charge in [0.25, 0.3) is 5.56 Å². The third-order valence-corrected chi connectivity index (χ3v) is 5.61. The molecule has 2 aromatic rings. The largest absolute Gasteiger partial charge is 0.493 e. The quantitative estimate of drug-likeness (QED) is 0.521. The maximum absolute atomic E-state index is 12.4. The Morgan fingerprint density at radius 3 is 2.24 bits per heavy atom. The van der Waals surface area contributed by atoms with Crippen molar-refractivity contribution >= 4 is 33.6 Å². The molecule has 1 aromatic heterocycles. The molecule has 9 nitrogen and oxygen atoms in total. The van der Waals surface area contributed by atoms with Crippen LogP contribution in [0.4, 0.5) is 11.4 Å². The molecule has 0 saturated carbocycles. The van der Waals surface area contributed by atoms with Crippen LogP contribution in [0.2, 0.25) is 0 Å². The zero-order valence-corrected chi connectivity index (χ0v) is 15.2. The molecule has 25 heavy (non-hydrogen) atoms. The Labute approximate surface area is 149 Å². The van der Waals surface area contributed by atoms with Gasteiger partial charge in [0.1, 0.15) is 0 Å². The molecule has 0 atom stereocenters. The third kappa shape index (κ3) is 4.18. The number of hydrogen-bond acceptors (Lipinski definition) is 7. The summed E-state index contributed by atoms with van der Waals surface area (Å²) < 4.78 is 26.1. The Bertz CT molecular complexity index is 989. The average molecular weight is 383 g/mol. The first kappa shape index (κ1) is 19.0. The fourth-order valence-electron chi connectivity index (χ4n) is 2.07. The highest BCUT2D eigenvalue weighted by molar-refractivity contribution is 7.89. The van der Waals surface area contributed by atoms with Crippen molar-refractivity contribution in [1.82, 2.24) is 14.3 Å². The normalized spacial score (nSPS) is 12.1. The van der Waals surface area contributed by atoms with E-state index in [1.54, 1.807) is 13.8 Å². The molecule has 0 aliphatic rings. The van der Waals surface area contributed by atoms with E-state index in [4.69, 9.17) is 12.2 Å². The van der Waals surface area contributed by atoms with E-state index in [0.29, 0.717) is 18.8 Å². The van der Waals surface area contributed by atoms with Crippen molar-refractivity contribution in [3.8, 4) is 5.88 Å². The van der Waals surface area contributed by atoms with E-state index in [1.807, 2.05) is 0 Å². The lowest BCUT2D eigenvalue weighted by Gasteiger charge is -2.18. The van der Waals surface area contributed by atoms with Gasteiger partial charge in [-0.25, -0.2) is 8.42 Å². The maximum Gasteiger partial charge on any atom is 0.283 e. The Morgan fingerprint density at radius 2 is 1.72 bits per heavy atom. The number of hydrogen-bond donors (Lipinski definition) is 3. The van der Waals surface area contributed by atoms with Gasteiger partial charge in [-0.05, 0) is 36.5 Å². The lowest BCUT2D eigenvalue weighted by molar-refractivity contribution is 0.445.